The van der Waals surface area contributed by atoms with Gasteiger partial charge in [0.15, 0.2) is 0 Å². The third-order valence-electron chi connectivity index (χ3n) is 3.60. The Bertz CT molecular complexity index is 634. The minimum Gasteiger partial charge on any atom is -0.496 e. The molecule has 2 rings (SSSR count). The standard InChI is InChI=1S/C18H22Br2N2O/c1-23-18-7-6-15(11-17(18)20)13-22(9-3-8-21)12-14-4-2-5-16(19)10-14/h2,4-7,10-11H,3,8-9,12-13,21H2,1H3. The maximum atomic E-state index is 5.69. The van der Waals surface area contributed by atoms with Crippen molar-refractivity contribution >= 4 is 31.9 Å². The molecule has 0 amide bonds. The van der Waals surface area contributed by atoms with Crippen LogP contribution in [0.5, 0.6) is 5.75 Å². The Morgan fingerprint density at radius 3 is 2.39 bits per heavy atom. The second kappa shape index (κ2) is 9.42. The van der Waals surface area contributed by atoms with Crippen LogP contribution in [0, 0.1) is 0 Å². The fourth-order valence-electron chi connectivity index (χ4n) is 2.49. The van der Waals surface area contributed by atoms with E-state index in [4.69, 9.17) is 10.5 Å². The Kier molecular flexibility index (Phi) is 7.56. The summed E-state index contributed by atoms with van der Waals surface area (Å²) in [6, 6.07) is 14.7. The fourth-order valence-corrected chi connectivity index (χ4v) is 3.52. The SMILES string of the molecule is COc1ccc(CN(CCCN)Cc2cccc(Br)c2)cc1Br. The van der Waals surface area contributed by atoms with Crippen molar-refractivity contribution in [3.8, 4) is 5.75 Å². The Labute approximate surface area is 155 Å². The van der Waals surface area contributed by atoms with Crippen molar-refractivity contribution in [2.75, 3.05) is 20.2 Å². The highest BCUT2D eigenvalue weighted by molar-refractivity contribution is 9.10. The molecule has 0 saturated heterocycles. The summed E-state index contributed by atoms with van der Waals surface area (Å²) in [7, 11) is 1.68. The van der Waals surface area contributed by atoms with Gasteiger partial charge >= 0.3 is 0 Å². The molecule has 23 heavy (non-hydrogen) atoms. The minimum atomic E-state index is 0.710. The number of hydrogen-bond acceptors (Lipinski definition) is 3. The molecule has 0 aliphatic carbocycles. The van der Waals surface area contributed by atoms with Crippen LogP contribution in [0.25, 0.3) is 0 Å². The van der Waals surface area contributed by atoms with Gasteiger partial charge in [-0.3, -0.25) is 4.90 Å². The molecule has 0 fully saturated rings. The summed E-state index contributed by atoms with van der Waals surface area (Å²) in [6.45, 7) is 3.48. The number of benzene rings is 2. The summed E-state index contributed by atoms with van der Waals surface area (Å²) in [4.78, 5) is 2.42. The van der Waals surface area contributed by atoms with Crippen molar-refractivity contribution < 1.29 is 4.74 Å². The van der Waals surface area contributed by atoms with E-state index in [2.05, 4.69) is 67.1 Å². The van der Waals surface area contributed by atoms with E-state index < -0.39 is 0 Å². The molecule has 124 valence electrons. The predicted octanol–water partition coefficient (Wildman–Crippen LogP) is 4.57. The van der Waals surface area contributed by atoms with Gasteiger partial charge in [-0.1, -0.05) is 34.1 Å². The summed E-state index contributed by atoms with van der Waals surface area (Å²) >= 11 is 7.09. The van der Waals surface area contributed by atoms with Crippen LogP contribution in [-0.2, 0) is 13.1 Å². The lowest BCUT2D eigenvalue weighted by atomic mass is 10.1. The molecule has 2 N–H and O–H groups in total. The van der Waals surface area contributed by atoms with Gasteiger partial charge in [-0.15, -0.1) is 0 Å². The molecule has 0 aromatic heterocycles. The average Bonchev–Trinajstić information content (AvgIpc) is 2.53. The molecule has 5 heteroatoms. The highest BCUT2D eigenvalue weighted by Gasteiger charge is 2.09. The third-order valence-corrected chi connectivity index (χ3v) is 4.71. The first-order valence-corrected chi connectivity index (χ1v) is 9.20. The Balaban J connectivity index is 2.10. The van der Waals surface area contributed by atoms with Gasteiger partial charge in [-0.2, -0.15) is 0 Å². The van der Waals surface area contributed by atoms with Crippen LogP contribution in [0.1, 0.15) is 17.5 Å². The number of nitrogens with two attached hydrogens (primary N) is 1. The van der Waals surface area contributed by atoms with Crippen molar-refractivity contribution in [2.45, 2.75) is 19.5 Å². The van der Waals surface area contributed by atoms with Crippen LogP contribution in [0.15, 0.2) is 51.4 Å². The van der Waals surface area contributed by atoms with E-state index in [0.717, 1.165) is 40.8 Å². The maximum Gasteiger partial charge on any atom is 0.133 e. The number of rotatable bonds is 8. The zero-order valence-corrected chi connectivity index (χ0v) is 16.4. The van der Waals surface area contributed by atoms with E-state index in [1.807, 2.05) is 12.1 Å². The predicted molar refractivity (Wildman–Crippen MR) is 103 cm³/mol. The number of hydrogen-bond donors (Lipinski definition) is 1. The molecular weight excluding hydrogens is 420 g/mol. The first-order chi connectivity index (χ1) is 11.1. The van der Waals surface area contributed by atoms with Crippen molar-refractivity contribution in [3.63, 3.8) is 0 Å². The number of halogens is 2. The zero-order chi connectivity index (χ0) is 16.7. The van der Waals surface area contributed by atoms with Gasteiger partial charge in [-0.25, -0.2) is 0 Å². The molecule has 0 aliphatic rings. The maximum absolute atomic E-state index is 5.69. The van der Waals surface area contributed by atoms with E-state index in [1.54, 1.807) is 7.11 Å². The van der Waals surface area contributed by atoms with Crippen molar-refractivity contribution in [1.29, 1.82) is 0 Å². The van der Waals surface area contributed by atoms with Crippen molar-refractivity contribution in [2.24, 2.45) is 5.73 Å². The summed E-state index contributed by atoms with van der Waals surface area (Å²) in [5.41, 5.74) is 8.24. The van der Waals surface area contributed by atoms with Gasteiger partial charge in [-0.05, 0) is 64.3 Å². The quantitative estimate of drug-likeness (QED) is 0.651. The van der Waals surface area contributed by atoms with Crippen LogP contribution in [0.2, 0.25) is 0 Å². The first-order valence-electron chi connectivity index (χ1n) is 7.61. The molecule has 3 nitrogen and oxygen atoms in total. The summed E-state index contributed by atoms with van der Waals surface area (Å²) in [5, 5.41) is 0. The third kappa shape index (κ3) is 5.92. The van der Waals surface area contributed by atoms with E-state index in [9.17, 15) is 0 Å². The van der Waals surface area contributed by atoms with Crippen molar-refractivity contribution in [3.05, 3.63) is 62.5 Å². The zero-order valence-electron chi connectivity index (χ0n) is 13.3. The topological polar surface area (TPSA) is 38.5 Å². The molecule has 0 radical (unpaired) electrons. The summed E-state index contributed by atoms with van der Waals surface area (Å²) in [5.74, 6) is 0.856. The fraction of sp³-hybridized carbons (Fsp3) is 0.333. The van der Waals surface area contributed by atoms with Gasteiger partial charge in [0.1, 0.15) is 5.75 Å². The lowest BCUT2D eigenvalue weighted by Crippen LogP contribution is -2.25. The molecular formula is C18H22Br2N2O. The highest BCUT2D eigenvalue weighted by Crippen LogP contribution is 2.26. The highest BCUT2D eigenvalue weighted by atomic mass is 79.9. The molecule has 0 heterocycles. The minimum absolute atomic E-state index is 0.710. The Hall–Kier alpha value is -0.880. The van der Waals surface area contributed by atoms with Gasteiger partial charge in [0, 0.05) is 24.1 Å². The molecule has 0 aliphatic heterocycles. The van der Waals surface area contributed by atoms with E-state index in [0.29, 0.717) is 6.54 Å². The lowest BCUT2D eigenvalue weighted by Gasteiger charge is -2.23. The number of ether oxygens (including phenoxy) is 1. The number of methoxy groups -OCH3 is 1. The van der Waals surface area contributed by atoms with Gasteiger partial charge in [0.2, 0.25) is 0 Å². The summed E-state index contributed by atoms with van der Waals surface area (Å²) < 4.78 is 7.39. The Morgan fingerprint density at radius 2 is 1.78 bits per heavy atom. The second-order valence-corrected chi connectivity index (χ2v) is 7.22. The molecule has 0 atom stereocenters. The molecule has 0 bridgehead atoms. The van der Waals surface area contributed by atoms with Crippen LogP contribution in [-0.4, -0.2) is 25.1 Å². The van der Waals surface area contributed by atoms with E-state index in [-0.39, 0.29) is 0 Å². The first kappa shape index (κ1) is 18.5. The van der Waals surface area contributed by atoms with Crippen molar-refractivity contribution in [1.82, 2.24) is 4.90 Å². The van der Waals surface area contributed by atoms with E-state index in [1.165, 1.54) is 11.1 Å². The average molecular weight is 442 g/mol. The summed E-state index contributed by atoms with van der Waals surface area (Å²) in [6.07, 6.45) is 0.991. The van der Waals surface area contributed by atoms with Crippen LogP contribution in [0.4, 0.5) is 0 Å². The number of nitrogens with zero attached hydrogens (tertiary/aromatic N) is 1. The van der Waals surface area contributed by atoms with Gasteiger partial charge in [0.05, 0.1) is 11.6 Å². The van der Waals surface area contributed by atoms with Crippen LogP contribution >= 0.6 is 31.9 Å². The molecule has 0 spiro atoms. The monoisotopic (exact) mass is 440 g/mol. The molecule has 0 unspecified atom stereocenters. The van der Waals surface area contributed by atoms with E-state index >= 15 is 0 Å². The normalized spacial score (nSPS) is 11.0. The molecule has 2 aromatic carbocycles. The smallest absolute Gasteiger partial charge is 0.133 e. The lowest BCUT2D eigenvalue weighted by molar-refractivity contribution is 0.255. The molecule has 2 aromatic rings. The van der Waals surface area contributed by atoms with Gasteiger partial charge < -0.3 is 10.5 Å². The largest absolute Gasteiger partial charge is 0.496 e. The Morgan fingerprint density at radius 1 is 1.04 bits per heavy atom. The van der Waals surface area contributed by atoms with Crippen LogP contribution < -0.4 is 10.5 Å². The molecule has 0 saturated carbocycles. The van der Waals surface area contributed by atoms with Gasteiger partial charge in [0.25, 0.3) is 0 Å². The van der Waals surface area contributed by atoms with Crippen LogP contribution in [0.3, 0.4) is 0 Å². The second-order valence-electron chi connectivity index (χ2n) is 5.45.